The summed E-state index contributed by atoms with van der Waals surface area (Å²) >= 11 is 0. The van der Waals surface area contributed by atoms with E-state index in [4.69, 9.17) is 16.2 Å². The van der Waals surface area contributed by atoms with Crippen LogP contribution < -0.4 is 37.6 Å². The molecule has 0 aliphatic rings. The summed E-state index contributed by atoms with van der Waals surface area (Å²) in [5, 5.41) is 52.3. The van der Waals surface area contributed by atoms with Crippen molar-refractivity contribution in [2.75, 3.05) is 19.8 Å². The van der Waals surface area contributed by atoms with Crippen molar-refractivity contribution in [2.24, 2.45) is 11.7 Å². The minimum atomic E-state index is -1.31. The molecule has 12 N–H and O–H groups in total. The number of carbonyl (C=O) groups excluding carboxylic acids is 5. The van der Waals surface area contributed by atoms with Crippen molar-refractivity contribution in [1.82, 2.24) is 31.9 Å². The van der Waals surface area contributed by atoms with E-state index in [1.54, 1.807) is 45.0 Å². The number of rotatable bonds is 33. The number of guanidine groups is 1. The molecule has 5 amide bonds. The number of carbonyl (C=O) groups is 5. The molecule has 1 aromatic rings. The Labute approximate surface area is 351 Å². The second kappa shape index (κ2) is 31.6. The summed E-state index contributed by atoms with van der Waals surface area (Å²) in [4.78, 5) is 67.3. The Bertz CT molecular complexity index is 1370. The predicted octanol–water partition coefficient (Wildman–Crippen LogP) is 2.42. The molecule has 6 atom stereocenters. The highest BCUT2D eigenvalue weighted by molar-refractivity contribution is 5.96. The molecule has 1 rings (SSSR count). The van der Waals surface area contributed by atoms with E-state index >= 15 is 0 Å². The Kier molecular flexibility index (Phi) is 28.3. The zero-order chi connectivity index (χ0) is 44.0. The number of nitrogens with one attached hydrogen (secondary N) is 7. The fourth-order valence-electron chi connectivity index (χ4n) is 6.55. The van der Waals surface area contributed by atoms with Gasteiger partial charge >= 0.3 is 0 Å². The highest BCUT2D eigenvalue weighted by atomic mass is 16.3. The number of nitrogens with two attached hydrogens (primary N) is 1. The summed E-state index contributed by atoms with van der Waals surface area (Å²) in [6, 6.07) is 3.71. The fourth-order valence-corrected chi connectivity index (χ4v) is 6.55. The topological polar surface area (TPSA) is 268 Å². The molecule has 59 heavy (non-hydrogen) atoms. The summed E-state index contributed by atoms with van der Waals surface area (Å²) in [7, 11) is 0. The van der Waals surface area contributed by atoms with Gasteiger partial charge in [0.05, 0.1) is 12.7 Å². The van der Waals surface area contributed by atoms with E-state index in [2.05, 4.69) is 31.9 Å². The average Bonchev–Trinajstić information content (AvgIpc) is 3.19. The lowest BCUT2D eigenvalue weighted by Crippen LogP contribution is -2.61. The van der Waals surface area contributed by atoms with Crippen LogP contribution in [0.15, 0.2) is 30.3 Å². The number of aliphatic hydroxyl groups is 3. The normalized spacial score (nSPS) is 14.2. The molecule has 0 unspecified atom stereocenters. The van der Waals surface area contributed by atoms with Crippen LogP contribution in [0, 0.1) is 11.3 Å². The molecule has 0 aliphatic heterocycles. The standard InChI is InChI=1S/C43H76N8O8/c1-30(2)37(51-42(59)38(32(4)54)50-36(55)25-19-14-12-10-8-6-5-7-9-11-13-15-20-27-52)41(58)49-35(28-33-22-17-16-18-23-33)40(57)48-34(24-21-26-46-43(44)45)39(56)47-31(3)29-53/h16-18,22-23,30-32,34-35,37-38,52-54H,5-15,19-21,24-29H2,1-4H3,(H,47,56)(H,48,57)(H,49,58)(H,50,55)(H,51,59)(H4,44,45,46)/t31-,32-,34+,35+,37+,38+/m1/s1. The van der Waals surface area contributed by atoms with Gasteiger partial charge in [-0.1, -0.05) is 115 Å². The van der Waals surface area contributed by atoms with Gasteiger partial charge in [0.2, 0.25) is 29.5 Å². The lowest BCUT2D eigenvalue weighted by molar-refractivity contribution is -0.136. The highest BCUT2D eigenvalue weighted by Crippen LogP contribution is 2.14. The molecule has 0 saturated heterocycles. The molecule has 0 aromatic heterocycles. The van der Waals surface area contributed by atoms with Gasteiger partial charge in [-0.25, -0.2) is 0 Å². The molecule has 16 nitrogen and oxygen atoms in total. The molecule has 0 aliphatic carbocycles. The number of hydrogen-bond acceptors (Lipinski definition) is 9. The molecule has 1 aromatic carbocycles. The number of aliphatic hydroxyl groups excluding tert-OH is 3. The van der Waals surface area contributed by atoms with Crippen LogP contribution in [-0.2, 0) is 30.4 Å². The zero-order valence-corrected chi connectivity index (χ0v) is 36.0. The van der Waals surface area contributed by atoms with E-state index in [1.165, 1.54) is 45.4 Å². The molecular formula is C43H76N8O8. The Balaban J connectivity index is 2.86. The van der Waals surface area contributed by atoms with Crippen molar-refractivity contribution in [3.8, 4) is 0 Å². The quantitative estimate of drug-likeness (QED) is 0.0280. The van der Waals surface area contributed by atoms with E-state index in [1.807, 2.05) is 6.07 Å². The molecule has 0 fully saturated rings. The van der Waals surface area contributed by atoms with Crippen LogP contribution in [0.25, 0.3) is 0 Å². The van der Waals surface area contributed by atoms with Gasteiger partial charge in [0.15, 0.2) is 5.96 Å². The van der Waals surface area contributed by atoms with Crippen molar-refractivity contribution >= 4 is 35.5 Å². The van der Waals surface area contributed by atoms with Crippen molar-refractivity contribution in [1.29, 1.82) is 5.41 Å². The number of benzene rings is 1. The molecular weight excluding hydrogens is 757 g/mol. The summed E-state index contributed by atoms with van der Waals surface area (Å²) in [6.45, 7) is 6.66. The largest absolute Gasteiger partial charge is 0.396 e. The Morgan fingerprint density at radius 3 is 1.64 bits per heavy atom. The Morgan fingerprint density at radius 1 is 0.627 bits per heavy atom. The van der Waals surface area contributed by atoms with Crippen LogP contribution in [0.2, 0.25) is 0 Å². The van der Waals surface area contributed by atoms with Gasteiger partial charge in [0, 0.05) is 32.0 Å². The molecule has 0 saturated carbocycles. The number of amides is 5. The molecule has 0 radical (unpaired) electrons. The Hall–Kier alpha value is -4.28. The van der Waals surface area contributed by atoms with Crippen molar-refractivity contribution in [3.05, 3.63) is 35.9 Å². The first-order valence-electron chi connectivity index (χ1n) is 21.7. The average molecular weight is 833 g/mol. The molecule has 0 heterocycles. The lowest BCUT2D eigenvalue weighted by Gasteiger charge is -2.29. The van der Waals surface area contributed by atoms with Crippen molar-refractivity contribution in [2.45, 2.75) is 173 Å². The first-order chi connectivity index (χ1) is 28.2. The molecule has 16 heteroatoms. The van der Waals surface area contributed by atoms with Gasteiger partial charge in [-0.15, -0.1) is 0 Å². The van der Waals surface area contributed by atoms with Crippen LogP contribution in [0.1, 0.15) is 136 Å². The van der Waals surface area contributed by atoms with Crippen LogP contribution in [0.3, 0.4) is 0 Å². The van der Waals surface area contributed by atoms with Crippen LogP contribution in [0.5, 0.6) is 0 Å². The maximum absolute atomic E-state index is 13.9. The van der Waals surface area contributed by atoms with Crippen LogP contribution in [0.4, 0.5) is 0 Å². The first-order valence-corrected chi connectivity index (χ1v) is 21.7. The third-order valence-electron chi connectivity index (χ3n) is 10.1. The summed E-state index contributed by atoms with van der Waals surface area (Å²) in [5.41, 5.74) is 6.10. The number of hydrogen-bond donors (Lipinski definition) is 11. The maximum Gasteiger partial charge on any atom is 0.245 e. The molecule has 0 bridgehead atoms. The lowest BCUT2D eigenvalue weighted by atomic mass is 9.99. The number of unbranched alkanes of at least 4 members (excludes halogenated alkanes) is 12. The van der Waals surface area contributed by atoms with E-state index in [0.717, 1.165) is 44.1 Å². The third kappa shape index (κ3) is 24.4. The fraction of sp³-hybridized carbons (Fsp3) is 0.721. The van der Waals surface area contributed by atoms with Crippen molar-refractivity contribution < 1.29 is 39.3 Å². The van der Waals surface area contributed by atoms with Crippen LogP contribution in [-0.4, -0.2) is 107 Å². The van der Waals surface area contributed by atoms with Crippen molar-refractivity contribution in [3.63, 3.8) is 0 Å². The summed E-state index contributed by atoms with van der Waals surface area (Å²) in [5.74, 6) is -3.68. The predicted molar refractivity (Wildman–Crippen MR) is 230 cm³/mol. The molecule has 336 valence electrons. The van der Waals surface area contributed by atoms with Gasteiger partial charge in [-0.2, -0.15) is 0 Å². The van der Waals surface area contributed by atoms with Crippen LogP contribution >= 0.6 is 0 Å². The van der Waals surface area contributed by atoms with E-state index < -0.39 is 65.9 Å². The second-order valence-electron chi connectivity index (χ2n) is 16.0. The maximum atomic E-state index is 13.9. The highest BCUT2D eigenvalue weighted by Gasteiger charge is 2.34. The first kappa shape index (κ1) is 52.7. The smallest absolute Gasteiger partial charge is 0.245 e. The van der Waals surface area contributed by atoms with Gasteiger partial charge in [-0.05, 0) is 51.0 Å². The minimum Gasteiger partial charge on any atom is -0.396 e. The SMILES string of the molecule is CC(C)[C@H](NC(=O)[C@@H](NC(=O)CCCCCCCCCCCCCCCO)[C@@H](C)O)C(=O)N[C@@H](Cc1ccccc1)C(=O)N[C@@H](CCCNC(=N)N)C(=O)N[C@H](C)CO. The van der Waals surface area contributed by atoms with Gasteiger partial charge < -0.3 is 53.0 Å². The molecule has 0 spiro atoms. The van der Waals surface area contributed by atoms with Gasteiger partial charge in [0.1, 0.15) is 24.2 Å². The second-order valence-corrected chi connectivity index (χ2v) is 16.0. The monoisotopic (exact) mass is 833 g/mol. The summed E-state index contributed by atoms with van der Waals surface area (Å²) < 4.78 is 0. The van der Waals surface area contributed by atoms with Gasteiger partial charge in [0.25, 0.3) is 0 Å². The Morgan fingerprint density at radius 2 is 1.14 bits per heavy atom. The third-order valence-corrected chi connectivity index (χ3v) is 10.1. The van der Waals surface area contributed by atoms with E-state index in [-0.39, 0.29) is 50.9 Å². The van der Waals surface area contributed by atoms with E-state index in [0.29, 0.717) is 12.8 Å². The zero-order valence-electron chi connectivity index (χ0n) is 36.0. The summed E-state index contributed by atoms with van der Waals surface area (Å²) in [6.07, 6.45) is 13.6. The minimum absolute atomic E-state index is 0.0596. The van der Waals surface area contributed by atoms with Gasteiger partial charge in [-0.3, -0.25) is 29.4 Å². The van der Waals surface area contributed by atoms with E-state index in [9.17, 15) is 34.2 Å².